The minimum absolute atomic E-state index is 0.709. The van der Waals surface area contributed by atoms with E-state index in [9.17, 15) is 0 Å². The van der Waals surface area contributed by atoms with Gasteiger partial charge < -0.3 is 4.98 Å². The summed E-state index contributed by atoms with van der Waals surface area (Å²) in [6, 6.07) is 9.89. The summed E-state index contributed by atoms with van der Waals surface area (Å²) < 4.78 is 0. The van der Waals surface area contributed by atoms with Crippen molar-refractivity contribution in [2.45, 2.75) is 6.42 Å². The predicted molar refractivity (Wildman–Crippen MR) is 77.8 cm³/mol. The molecule has 20 heavy (non-hydrogen) atoms. The molecule has 3 heterocycles. The summed E-state index contributed by atoms with van der Waals surface area (Å²) in [7, 11) is 0. The van der Waals surface area contributed by atoms with E-state index in [1.54, 1.807) is 6.20 Å². The second kappa shape index (κ2) is 5.37. The summed E-state index contributed by atoms with van der Waals surface area (Å²) in [6.07, 6.45) is 9.57. The first-order valence-electron chi connectivity index (χ1n) is 6.30. The third kappa shape index (κ3) is 2.29. The number of aromatic amines is 1. The van der Waals surface area contributed by atoms with Crippen molar-refractivity contribution < 1.29 is 0 Å². The monoisotopic (exact) mass is 260 g/mol. The van der Waals surface area contributed by atoms with E-state index >= 15 is 0 Å². The predicted octanol–water partition coefficient (Wildman–Crippen LogP) is 3.25. The summed E-state index contributed by atoms with van der Waals surface area (Å²) in [4.78, 5) is 11.9. The van der Waals surface area contributed by atoms with Gasteiger partial charge in [-0.1, -0.05) is 12.1 Å². The molecule has 0 bridgehead atoms. The molecule has 3 rings (SSSR count). The number of H-pyrrole nitrogens is 1. The number of nitrogens with zero attached hydrogens (tertiary/aromatic N) is 3. The maximum absolute atomic E-state index is 8.54. The van der Waals surface area contributed by atoms with Crippen molar-refractivity contribution >= 4 is 11.0 Å². The van der Waals surface area contributed by atoms with Crippen LogP contribution in [-0.2, 0) is 6.42 Å². The smallest absolute Gasteiger partial charge is 0.137 e. The van der Waals surface area contributed by atoms with E-state index in [4.69, 9.17) is 5.26 Å². The van der Waals surface area contributed by atoms with Crippen LogP contribution in [0.3, 0.4) is 0 Å². The highest BCUT2D eigenvalue weighted by Gasteiger charge is 2.06. The van der Waals surface area contributed by atoms with Crippen molar-refractivity contribution in [2.24, 2.45) is 0 Å². The molecule has 0 aliphatic carbocycles. The Morgan fingerprint density at radius 1 is 1.30 bits per heavy atom. The standard InChI is InChI=1S/C16H12N4/c17-7-3-1-5-12-10-19-16-14(12)9-13(11-20-16)15-6-2-4-8-18-15/h1-4,6,8-11H,5H2,(H,19,20)/b3-1+. The second-order valence-corrected chi connectivity index (χ2v) is 4.38. The van der Waals surface area contributed by atoms with E-state index in [1.807, 2.05) is 42.7 Å². The fourth-order valence-electron chi connectivity index (χ4n) is 2.14. The Balaban J connectivity index is 2.04. The molecule has 0 saturated heterocycles. The molecular formula is C16H12N4. The molecule has 0 spiro atoms. The van der Waals surface area contributed by atoms with Crippen LogP contribution in [0.5, 0.6) is 0 Å². The molecule has 0 aromatic carbocycles. The van der Waals surface area contributed by atoms with Crippen molar-refractivity contribution in [3.63, 3.8) is 0 Å². The van der Waals surface area contributed by atoms with Crippen molar-refractivity contribution in [3.05, 3.63) is 60.6 Å². The van der Waals surface area contributed by atoms with Gasteiger partial charge in [-0.05, 0) is 30.2 Å². The summed E-state index contributed by atoms with van der Waals surface area (Å²) in [5.74, 6) is 0. The molecule has 4 nitrogen and oxygen atoms in total. The first-order chi connectivity index (χ1) is 9.88. The number of fused-ring (bicyclic) bond motifs is 1. The highest BCUT2D eigenvalue weighted by atomic mass is 14.8. The molecular weight excluding hydrogens is 248 g/mol. The molecule has 0 aliphatic rings. The minimum atomic E-state index is 0.709. The number of nitriles is 1. The third-order valence-electron chi connectivity index (χ3n) is 3.11. The normalized spacial score (nSPS) is 10.9. The highest BCUT2D eigenvalue weighted by Crippen LogP contribution is 2.23. The van der Waals surface area contributed by atoms with Crippen molar-refractivity contribution in [1.29, 1.82) is 5.26 Å². The molecule has 0 radical (unpaired) electrons. The van der Waals surface area contributed by atoms with Crippen molar-refractivity contribution in [2.75, 3.05) is 0 Å². The zero-order chi connectivity index (χ0) is 13.8. The van der Waals surface area contributed by atoms with Gasteiger partial charge in [-0.2, -0.15) is 5.26 Å². The molecule has 3 aromatic heterocycles. The Labute approximate surface area is 116 Å². The molecule has 0 aliphatic heterocycles. The Bertz CT molecular complexity index is 794. The van der Waals surface area contributed by atoms with Gasteiger partial charge in [0.25, 0.3) is 0 Å². The van der Waals surface area contributed by atoms with Crippen LogP contribution in [0.25, 0.3) is 22.3 Å². The zero-order valence-corrected chi connectivity index (χ0v) is 10.7. The third-order valence-corrected chi connectivity index (χ3v) is 3.11. The van der Waals surface area contributed by atoms with Gasteiger partial charge in [0.05, 0.1) is 11.8 Å². The first kappa shape index (κ1) is 12.1. The Morgan fingerprint density at radius 3 is 3.05 bits per heavy atom. The second-order valence-electron chi connectivity index (χ2n) is 4.38. The van der Waals surface area contributed by atoms with E-state index in [0.717, 1.165) is 27.9 Å². The van der Waals surface area contributed by atoms with Gasteiger partial charge in [0, 0.05) is 35.6 Å². The fourth-order valence-corrected chi connectivity index (χ4v) is 2.14. The van der Waals surface area contributed by atoms with Gasteiger partial charge in [0.2, 0.25) is 0 Å². The lowest BCUT2D eigenvalue weighted by atomic mass is 10.1. The van der Waals surface area contributed by atoms with E-state index in [0.29, 0.717) is 6.42 Å². The first-order valence-corrected chi connectivity index (χ1v) is 6.30. The molecule has 0 atom stereocenters. The molecule has 0 saturated carbocycles. The van der Waals surface area contributed by atoms with Crippen LogP contribution in [0.4, 0.5) is 0 Å². The van der Waals surface area contributed by atoms with E-state index in [-0.39, 0.29) is 0 Å². The number of hydrogen-bond acceptors (Lipinski definition) is 3. The summed E-state index contributed by atoms with van der Waals surface area (Å²) >= 11 is 0. The fraction of sp³-hybridized carbons (Fsp3) is 0.0625. The maximum Gasteiger partial charge on any atom is 0.137 e. The average molecular weight is 260 g/mol. The molecule has 3 aromatic rings. The number of nitrogens with one attached hydrogen (secondary N) is 1. The maximum atomic E-state index is 8.54. The van der Waals surface area contributed by atoms with E-state index < -0.39 is 0 Å². The molecule has 4 heteroatoms. The van der Waals surface area contributed by atoms with Gasteiger partial charge in [0.15, 0.2) is 0 Å². The molecule has 0 amide bonds. The Hall–Kier alpha value is -2.93. The molecule has 0 fully saturated rings. The topological polar surface area (TPSA) is 65.4 Å². The lowest BCUT2D eigenvalue weighted by molar-refractivity contribution is 1.27. The average Bonchev–Trinajstić information content (AvgIpc) is 2.91. The van der Waals surface area contributed by atoms with Crippen molar-refractivity contribution in [3.8, 4) is 17.3 Å². The molecule has 1 N–H and O–H groups in total. The van der Waals surface area contributed by atoms with Gasteiger partial charge >= 0.3 is 0 Å². The van der Waals surface area contributed by atoms with Gasteiger partial charge in [-0.15, -0.1) is 0 Å². The van der Waals surface area contributed by atoms with E-state index in [1.165, 1.54) is 6.08 Å². The quantitative estimate of drug-likeness (QED) is 0.735. The lowest BCUT2D eigenvalue weighted by Gasteiger charge is -2.01. The van der Waals surface area contributed by atoms with Crippen LogP contribution in [0, 0.1) is 11.3 Å². The van der Waals surface area contributed by atoms with E-state index in [2.05, 4.69) is 21.0 Å². The van der Waals surface area contributed by atoms with Crippen LogP contribution in [0.1, 0.15) is 5.56 Å². The van der Waals surface area contributed by atoms with Crippen LogP contribution >= 0.6 is 0 Å². The largest absolute Gasteiger partial charge is 0.346 e. The highest BCUT2D eigenvalue weighted by molar-refractivity contribution is 5.84. The minimum Gasteiger partial charge on any atom is -0.346 e. The summed E-state index contributed by atoms with van der Waals surface area (Å²) in [5, 5.41) is 9.60. The summed E-state index contributed by atoms with van der Waals surface area (Å²) in [6.45, 7) is 0. The summed E-state index contributed by atoms with van der Waals surface area (Å²) in [5.41, 5.74) is 3.87. The Morgan fingerprint density at radius 2 is 2.25 bits per heavy atom. The number of aromatic nitrogens is 3. The number of rotatable bonds is 3. The van der Waals surface area contributed by atoms with Gasteiger partial charge in [-0.3, -0.25) is 4.98 Å². The van der Waals surface area contributed by atoms with Crippen LogP contribution < -0.4 is 0 Å². The zero-order valence-electron chi connectivity index (χ0n) is 10.7. The molecule has 96 valence electrons. The molecule has 0 unspecified atom stereocenters. The van der Waals surface area contributed by atoms with Crippen LogP contribution in [-0.4, -0.2) is 15.0 Å². The number of hydrogen-bond donors (Lipinski definition) is 1. The van der Waals surface area contributed by atoms with Crippen LogP contribution in [0.2, 0.25) is 0 Å². The van der Waals surface area contributed by atoms with Gasteiger partial charge in [-0.25, -0.2) is 4.98 Å². The lowest BCUT2D eigenvalue weighted by Crippen LogP contribution is -1.85. The van der Waals surface area contributed by atoms with Crippen molar-refractivity contribution in [1.82, 2.24) is 15.0 Å². The number of allylic oxidation sites excluding steroid dienone is 2. The SMILES string of the molecule is N#C/C=C/Cc1c[nH]c2ncc(-c3ccccn3)cc12. The van der Waals surface area contributed by atoms with Crippen LogP contribution in [0.15, 0.2) is 55.0 Å². The number of pyridine rings is 2. The van der Waals surface area contributed by atoms with Gasteiger partial charge in [0.1, 0.15) is 5.65 Å². The Kier molecular flexibility index (Phi) is 3.25.